The quantitative estimate of drug-likeness (QED) is 0.845. The summed E-state index contributed by atoms with van der Waals surface area (Å²) in [6, 6.07) is 8.46. The zero-order chi connectivity index (χ0) is 11.4. The molecular formula is C14H21NO. The fraction of sp³-hybridized carbons (Fsp3) is 0.571. The van der Waals surface area contributed by atoms with E-state index >= 15 is 0 Å². The molecule has 1 saturated carbocycles. The molecule has 1 aliphatic rings. The molecule has 0 heterocycles. The molecule has 2 heteroatoms. The summed E-state index contributed by atoms with van der Waals surface area (Å²) in [5.74, 6) is 0. The lowest BCUT2D eigenvalue weighted by Gasteiger charge is -2.21. The summed E-state index contributed by atoms with van der Waals surface area (Å²) in [5, 5.41) is 0. The Kier molecular flexibility index (Phi) is 3.97. The van der Waals surface area contributed by atoms with Crippen LogP contribution in [0.15, 0.2) is 24.3 Å². The zero-order valence-electron chi connectivity index (χ0n) is 9.99. The summed E-state index contributed by atoms with van der Waals surface area (Å²) in [7, 11) is 0. The van der Waals surface area contributed by atoms with Crippen molar-refractivity contribution in [3.8, 4) is 0 Å². The minimum atomic E-state index is 0.0722. The predicted octanol–water partition coefficient (Wildman–Crippen LogP) is 2.95. The van der Waals surface area contributed by atoms with Gasteiger partial charge in [0.2, 0.25) is 0 Å². The van der Waals surface area contributed by atoms with Crippen molar-refractivity contribution < 1.29 is 4.74 Å². The summed E-state index contributed by atoms with van der Waals surface area (Å²) < 4.78 is 6.08. The Labute approximate surface area is 97.8 Å². The van der Waals surface area contributed by atoms with Crippen LogP contribution in [-0.4, -0.2) is 12.6 Å². The van der Waals surface area contributed by atoms with Crippen LogP contribution in [0.5, 0.6) is 0 Å². The van der Waals surface area contributed by atoms with Gasteiger partial charge in [-0.15, -0.1) is 0 Å². The number of hydrogen-bond donors (Lipinski definition) is 1. The Morgan fingerprint density at radius 1 is 1.38 bits per heavy atom. The maximum Gasteiger partial charge on any atom is 0.0950 e. The molecule has 0 bridgehead atoms. The van der Waals surface area contributed by atoms with Gasteiger partial charge in [0.05, 0.1) is 12.2 Å². The Morgan fingerprint density at radius 2 is 2.12 bits per heavy atom. The number of rotatable bonds is 4. The first-order valence-corrected chi connectivity index (χ1v) is 6.21. The second-order valence-electron chi connectivity index (χ2n) is 4.68. The summed E-state index contributed by atoms with van der Waals surface area (Å²) in [5.41, 5.74) is 8.29. The van der Waals surface area contributed by atoms with Crippen LogP contribution in [0, 0.1) is 6.92 Å². The Morgan fingerprint density at radius 3 is 2.75 bits per heavy atom. The van der Waals surface area contributed by atoms with Crippen molar-refractivity contribution >= 4 is 0 Å². The Bertz CT molecular complexity index is 331. The zero-order valence-corrected chi connectivity index (χ0v) is 9.99. The van der Waals surface area contributed by atoms with E-state index < -0.39 is 0 Å². The molecule has 1 aromatic carbocycles. The highest BCUT2D eigenvalue weighted by atomic mass is 16.5. The van der Waals surface area contributed by atoms with E-state index in [0.717, 1.165) is 0 Å². The molecule has 88 valence electrons. The van der Waals surface area contributed by atoms with Crippen molar-refractivity contribution in [2.24, 2.45) is 5.73 Å². The van der Waals surface area contributed by atoms with Gasteiger partial charge in [0, 0.05) is 6.54 Å². The van der Waals surface area contributed by atoms with Crippen LogP contribution in [0.1, 0.15) is 42.9 Å². The maximum absolute atomic E-state index is 6.08. The normalized spacial score (nSPS) is 18.9. The van der Waals surface area contributed by atoms with Crippen LogP contribution in [0.3, 0.4) is 0 Å². The largest absolute Gasteiger partial charge is 0.369 e. The molecule has 0 spiro atoms. The van der Waals surface area contributed by atoms with Gasteiger partial charge in [0.1, 0.15) is 0 Å². The number of hydrogen-bond acceptors (Lipinski definition) is 2. The first kappa shape index (κ1) is 11.6. The fourth-order valence-corrected chi connectivity index (χ4v) is 2.40. The molecule has 16 heavy (non-hydrogen) atoms. The molecule has 2 nitrogen and oxygen atoms in total. The third-order valence-corrected chi connectivity index (χ3v) is 3.29. The number of nitrogens with two attached hydrogens (primary N) is 1. The minimum Gasteiger partial charge on any atom is -0.369 e. The molecule has 1 fully saturated rings. The van der Waals surface area contributed by atoms with Crippen molar-refractivity contribution in [1.82, 2.24) is 0 Å². The highest BCUT2D eigenvalue weighted by molar-refractivity contribution is 5.24. The SMILES string of the molecule is Cc1cccc(C(CN)OC2CCCC2)c1. The molecule has 0 saturated heterocycles. The monoisotopic (exact) mass is 219 g/mol. The standard InChI is InChI=1S/C14H21NO/c1-11-5-4-6-12(9-11)14(10-15)16-13-7-2-3-8-13/h4-6,9,13-14H,2-3,7-8,10,15H2,1H3. The third-order valence-electron chi connectivity index (χ3n) is 3.29. The maximum atomic E-state index is 6.08. The predicted molar refractivity (Wildman–Crippen MR) is 66.3 cm³/mol. The number of aryl methyl sites for hydroxylation is 1. The fourth-order valence-electron chi connectivity index (χ4n) is 2.40. The van der Waals surface area contributed by atoms with E-state index in [2.05, 4.69) is 31.2 Å². The smallest absolute Gasteiger partial charge is 0.0950 e. The van der Waals surface area contributed by atoms with E-state index in [9.17, 15) is 0 Å². The van der Waals surface area contributed by atoms with E-state index in [0.29, 0.717) is 12.6 Å². The highest BCUT2D eigenvalue weighted by Gasteiger charge is 2.20. The first-order chi connectivity index (χ1) is 7.79. The van der Waals surface area contributed by atoms with Crippen LogP contribution in [0.2, 0.25) is 0 Å². The van der Waals surface area contributed by atoms with Crippen LogP contribution in [0.4, 0.5) is 0 Å². The molecule has 1 aliphatic carbocycles. The highest BCUT2D eigenvalue weighted by Crippen LogP contribution is 2.27. The van der Waals surface area contributed by atoms with E-state index in [4.69, 9.17) is 10.5 Å². The van der Waals surface area contributed by atoms with Crippen molar-refractivity contribution in [1.29, 1.82) is 0 Å². The molecular weight excluding hydrogens is 198 g/mol. The molecule has 0 amide bonds. The Balaban J connectivity index is 2.03. The van der Waals surface area contributed by atoms with E-state index in [1.807, 2.05) is 0 Å². The van der Waals surface area contributed by atoms with Crippen molar-refractivity contribution in [2.75, 3.05) is 6.54 Å². The van der Waals surface area contributed by atoms with Gasteiger partial charge >= 0.3 is 0 Å². The van der Waals surface area contributed by atoms with Crippen molar-refractivity contribution in [3.63, 3.8) is 0 Å². The number of ether oxygens (including phenoxy) is 1. The van der Waals surface area contributed by atoms with Crippen molar-refractivity contribution in [3.05, 3.63) is 35.4 Å². The Hall–Kier alpha value is -0.860. The average molecular weight is 219 g/mol. The van der Waals surface area contributed by atoms with Gasteiger partial charge in [-0.3, -0.25) is 0 Å². The molecule has 2 N–H and O–H groups in total. The molecule has 1 atom stereocenters. The van der Waals surface area contributed by atoms with Gasteiger partial charge in [-0.05, 0) is 25.3 Å². The van der Waals surface area contributed by atoms with Gasteiger partial charge in [-0.25, -0.2) is 0 Å². The lowest BCUT2D eigenvalue weighted by Crippen LogP contribution is -2.21. The summed E-state index contributed by atoms with van der Waals surface area (Å²) in [6.45, 7) is 2.67. The summed E-state index contributed by atoms with van der Waals surface area (Å²) in [6.07, 6.45) is 5.49. The van der Waals surface area contributed by atoms with Crippen LogP contribution < -0.4 is 5.73 Å². The topological polar surface area (TPSA) is 35.2 Å². The van der Waals surface area contributed by atoms with E-state index in [1.54, 1.807) is 0 Å². The minimum absolute atomic E-state index is 0.0722. The second-order valence-corrected chi connectivity index (χ2v) is 4.68. The summed E-state index contributed by atoms with van der Waals surface area (Å²) in [4.78, 5) is 0. The first-order valence-electron chi connectivity index (χ1n) is 6.21. The number of benzene rings is 1. The van der Waals surface area contributed by atoms with E-state index in [1.165, 1.54) is 36.8 Å². The second kappa shape index (κ2) is 5.46. The van der Waals surface area contributed by atoms with Crippen LogP contribution in [0.25, 0.3) is 0 Å². The van der Waals surface area contributed by atoms with Crippen molar-refractivity contribution in [2.45, 2.75) is 44.8 Å². The molecule has 0 aromatic heterocycles. The van der Waals surface area contributed by atoms with Gasteiger partial charge in [-0.2, -0.15) is 0 Å². The van der Waals surface area contributed by atoms with Crippen LogP contribution >= 0.6 is 0 Å². The molecule has 1 aromatic rings. The molecule has 2 rings (SSSR count). The van der Waals surface area contributed by atoms with Crippen LogP contribution in [-0.2, 0) is 4.74 Å². The van der Waals surface area contributed by atoms with Gasteiger partial charge in [0.25, 0.3) is 0 Å². The lowest BCUT2D eigenvalue weighted by atomic mass is 10.1. The molecule has 1 unspecified atom stereocenters. The lowest BCUT2D eigenvalue weighted by molar-refractivity contribution is -0.00439. The van der Waals surface area contributed by atoms with Gasteiger partial charge in [-0.1, -0.05) is 42.7 Å². The molecule has 0 aliphatic heterocycles. The average Bonchev–Trinajstić information content (AvgIpc) is 2.78. The third kappa shape index (κ3) is 2.83. The van der Waals surface area contributed by atoms with Gasteiger partial charge < -0.3 is 10.5 Å². The van der Waals surface area contributed by atoms with E-state index in [-0.39, 0.29) is 6.10 Å². The molecule has 0 radical (unpaired) electrons. The van der Waals surface area contributed by atoms with Gasteiger partial charge in [0.15, 0.2) is 0 Å². The summed E-state index contributed by atoms with van der Waals surface area (Å²) >= 11 is 0.